The summed E-state index contributed by atoms with van der Waals surface area (Å²) in [5, 5.41) is 0.751. The van der Waals surface area contributed by atoms with Crippen molar-refractivity contribution in [1.29, 1.82) is 0 Å². The van der Waals surface area contributed by atoms with Gasteiger partial charge in [-0.05, 0) is 12.0 Å². The maximum absolute atomic E-state index is 2.67. The minimum Gasteiger partial charge on any atom is -0.0690 e. The van der Waals surface area contributed by atoms with Gasteiger partial charge in [0.1, 0.15) is 0 Å². The zero-order valence-electron chi connectivity index (χ0n) is 24.2. The molecule has 1 heteroatoms. The van der Waals surface area contributed by atoms with Crippen LogP contribution in [0.4, 0.5) is 0 Å². The highest BCUT2D eigenvalue weighted by Gasteiger charge is 2.43. The van der Waals surface area contributed by atoms with Crippen LogP contribution in [0.3, 0.4) is 0 Å². The second kappa shape index (κ2) is 19.6. The smallest absolute Gasteiger partial charge is 0.0533 e. The molecule has 1 atom stereocenters. The Morgan fingerprint density at radius 2 is 1.09 bits per heavy atom. The Bertz CT molecular complexity index is 563. The van der Waals surface area contributed by atoms with Gasteiger partial charge in [-0.2, -0.15) is 0 Å². The van der Waals surface area contributed by atoms with E-state index in [2.05, 4.69) is 46.0 Å². The molecule has 2 rings (SSSR count). The predicted octanol–water partition coefficient (Wildman–Crippen LogP) is 12.3. The van der Waals surface area contributed by atoms with E-state index in [0.29, 0.717) is 0 Å². The zero-order valence-corrected chi connectivity index (χ0v) is 25.2. The molecular weight excluding hydrogens is 424 g/mol. The molecule has 1 aliphatic rings. The Balaban J connectivity index is 0.000000700. The van der Waals surface area contributed by atoms with Crippen LogP contribution in [-0.4, -0.2) is 8.07 Å². The summed E-state index contributed by atoms with van der Waals surface area (Å²) in [5.74, 6) is 0. The molecule has 0 aliphatic carbocycles. The summed E-state index contributed by atoms with van der Waals surface area (Å²) in [4.78, 5) is 0. The Morgan fingerprint density at radius 3 is 1.47 bits per heavy atom. The Labute approximate surface area is 217 Å². The van der Waals surface area contributed by atoms with E-state index in [-0.39, 0.29) is 0 Å². The molecular formula is C33H62Si. The van der Waals surface area contributed by atoms with Crippen molar-refractivity contribution in [3.05, 3.63) is 35.9 Å². The number of unbranched alkanes of at least 4 members (excludes halogenated alkanes) is 15. The molecule has 1 aromatic carbocycles. The summed E-state index contributed by atoms with van der Waals surface area (Å²) in [6.45, 7) is 12.4. The first-order valence-electron chi connectivity index (χ1n) is 15.4. The van der Waals surface area contributed by atoms with Gasteiger partial charge in [0.05, 0.1) is 8.07 Å². The van der Waals surface area contributed by atoms with Crippen molar-refractivity contribution >= 4 is 8.07 Å². The van der Waals surface area contributed by atoms with E-state index < -0.39 is 8.07 Å². The molecule has 0 bridgehead atoms. The fourth-order valence-electron chi connectivity index (χ4n) is 5.78. The maximum atomic E-state index is 2.67. The first-order valence-corrected chi connectivity index (χ1v) is 18.6. The van der Waals surface area contributed by atoms with Gasteiger partial charge in [-0.1, -0.05) is 197 Å². The Hall–Kier alpha value is -0.563. The summed E-state index contributed by atoms with van der Waals surface area (Å²) in [6, 6.07) is 11.8. The van der Waals surface area contributed by atoms with Gasteiger partial charge >= 0.3 is 0 Å². The normalized spacial score (nSPS) is 19.4. The monoisotopic (exact) mass is 486 g/mol. The third-order valence-corrected chi connectivity index (χ3v) is 14.3. The van der Waals surface area contributed by atoms with E-state index in [1.807, 2.05) is 18.2 Å². The van der Waals surface area contributed by atoms with Gasteiger partial charge in [0.2, 0.25) is 0 Å². The first kappa shape index (κ1) is 31.5. The maximum Gasteiger partial charge on any atom is 0.0533 e. The van der Waals surface area contributed by atoms with Crippen LogP contribution in [0.25, 0.3) is 0 Å². The van der Waals surface area contributed by atoms with Gasteiger partial charge in [0.25, 0.3) is 0 Å². The molecule has 0 nitrogen and oxygen atoms in total. The van der Waals surface area contributed by atoms with Crippen LogP contribution in [0.1, 0.15) is 148 Å². The summed E-state index contributed by atoms with van der Waals surface area (Å²) in [7, 11) is -0.953. The first-order chi connectivity index (χ1) is 16.4. The summed E-state index contributed by atoms with van der Waals surface area (Å²) in [6.07, 6.45) is 29.8. The molecule has 1 unspecified atom stereocenters. The molecule has 1 heterocycles. The fraction of sp³-hybridized carbons (Fsp3) is 0.818. The van der Waals surface area contributed by atoms with Gasteiger partial charge in [0, 0.05) is 0 Å². The largest absolute Gasteiger partial charge is 0.0690 e. The minimum atomic E-state index is -0.953. The fourth-order valence-corrected chi connectivity index (χ4v) is 9.23. The summed E-state index contributed by atoms with van der Waals surface area (Å²) < 4.78 is 0. The predicted molar refractivity (Wildman–Crippen MR) is 160 cm³/mol. The van der Waals surface area contributed by atoms with E-state index in [1.54, 1.807) is 6.04 Å². The molecule has 1 fully saturated rings. The standard InChI is InChI=1S/C26H54Si.C7H8/c1-5-6-7-8-9-10-11-12-13-14-15-16-17-18-19-20-23-26(2)24-21-22-25-27(26,3)4;1-7-5-3-2-4-6-7/h5-25H2,1-4H3;2-6H,1H3. The molecule has 1 saturated heterocycles. The van der Waals surface area contributed by atoms with Crippen molar-refractivity contribution in [1.82, 2.24) is 0 Å². The lowest BCUT2D eigenvalue weighted by Crippen LogP contribution is -2.43. The molecule has 0 saturated carbocycles. The molecule has 0 amide bonds. The molecule has 0 N–H and O–H groups in total. The van der Waals surface area contributed by atoms with Crippen molar-refractivity contribution in [2.75, 3.05) is 0 Å². The lowest BCUT2D eigenvalue weighted by Gasteiger charge is -2.47. The van der Waals surface area contributed by atoms with E-state index in [4.69, 9.17) is 0 Å². The van der Waals surface area contributed by atoms with Crippen LogP contribution >= 0.6 is 0 Å². The van der Waals surface area contributed by atoms with Crippen molar-refractivity contribution in [2.45, 2.75) is 173 Å². The number of hydrogen-bond donors (Lipinski definition) is 0. The second-order valence-electron chi connectivity index (χ2n) is 12.4. The summed E-state index contributed by atoms with van der Waals surface area (Å²) in [5.41, 5.74) is 1.32. The van der Waals surface area contributed by atoms with Gasteiger partial charge in [-0.15, -0.1) is 0 Å². The topological polar surface area (TPSA) is 0 Å². The van der Waals surface area contributed by atoms with Crippen molar-refractivity contribution in [2.24, 2.45) is 0 Å². The zero-order chi connectivity index (χ0) is 25.0. The van der Waals surface area contributed by atoms with Gasteiger partial charge in [-0.3, -0.25) is 0 Å². The van der Waals surface area contributed by atoms with Gasteiger partial charge in [0.15, 0.2) is 0 Å². The molecule has 34 heavy (non-hydrogen) atoms. The quantitative estimate of drug-likeness (QED) is 0.152. The third kappa shape index (κ3) is 14.7. The van der Waals surface area contributed by atoms with Crippen LogP contribution < -0.4 is 0 Å². The summed E-state index contributed by atoms with van der Waals surface area (Å²) >= 11 is 0. The van der Waals surface area contributed by atoms with E-state index in [0.717, 1.165) is 5.04 Å². The molecule has 1 aliphatic heterocycles. The van der Waals surface area contributed by atoms with Crippen LogP contribution in [0.15, 0.2) is 30.3 Å². The van der Waals surface area contributed by atoms with Crippen molar-refractivity contribution in [3.8, 4) is 0 Å². The number of hydrogen-bond acceptors (Lipinski definition) is 0. The van der Waals surface area contributed by atoms with Crippen LogP contribution in [0.5, 0.6) is 0 Å². The molecule has 198 valence electrons. The van der Waals surface area contributed by atoms with E-state index in [1.165, 1.54) is 134 Å². The second-order valence-corrected chi connectivity index (χ2v) is 17.8. The van der Waals surface area contributed by atoms with Crippen LogP contribution in [0.2, 0.25) is 24.2 Å². The molecule has 0 spiro atoms. The lowest BCUT2D eigenvalue weighted by atomic mass is 9.95. The van der Waals surface area contributed by atoms with Gasteiger partial charge < -0.3 is 0 Å². The molecule has 0 aromatic heterocycles. The van der Waals surface area contributed by atoms with Gasteiger partial charge in [-0.25, -0.2) is 0 Å². The van der Waals surface area contributed by atoms with E-state index in [9.17, 15) is 0 Å². The van der Waals surface area contributed by atoms with Crippen molar-refractivity contribution in [3.63, 3.8) is 0 Å². The van der Waals surface area contributed by atoms with Crippen molar-refractivity contribution < 1.29 is 0 Å². The lowest BCUT2D eigenvalue weighted by molar-refractivity contribution is 0.420. The average Bonchev–Trinajstić information content (AvgIpc) is 2.82. The number of benzene rings is 1. The van der Waals surface area contributed by atoms with Crippen LogP contribution in [-0.2, 0) is 0 Å². The average molecular weight is 487 g/mol. The number of rotatable bonds is 17. The Morgan fingerprint density at radius 1 is 0.647 bits per heavy atom. The molecule has 1 aromatic rings. The highest BCUT2D eigenvalue weighted by Crippen LogP contribution is 2.52. The highest BCUT2D eigenvalue weighted by atomic mass is 28.3. The highest BCUT2D eigenvalue weighted by molar-refractivity contribution is 6.80. The SMILES string of the molecule is CCCCCCCCCCCCCCCCCCC1(C)CCCC[Si]1(C)C.Cc1ccccc1. The Kier molecular flexibility index (Phi) is 18.1. The third-order valence-electron chi connectivity index (χ3n) is 8.94. The van der Waals surface area contributed by atoms with Crippen LogP contribution in [0, 0.1) is 6.92 Å². The minimum absolute atomic E-state index is 0.751. The molecule has 0 radical (unpaired) electrons. The van der Waals surface area contributed by atoms with E-state index >= 15 is 0 Å². The number of aryl methyl sites for hydroxylation is 1.